The Morgan fingerprint density at radius 1 is 1.03 bits per heavy atom. The van der Waals surface area contributed by atoms with Gasteiger partial charge in [0.2, 0.25) is 0 Å². The van der Waals surface area contributed by atoms with Crippen LogP contribution in [-0.2, 0) is 9.59 Å². The first kappa shape index (κ1) is 18.3. The number of hydrogen-bond donors (Lipinski definition) is 2. The van der Waals surface area contributed by atoms with E-state index in [1.165, 1.54) is 0 Å². The average molecular weight is 542 g/mol. The van der Waals surface area contributed by atoms with Crippen molar-refractivity contribution < 1.29 is 30.8 Å². The minimum atomic E-state index is -0.433. The molecule has 9 heteroatoms. The number of nitrogens with one attached hydrogen (secondary N) is 2. The molecule has 3 heterocycles. The van der Waals surface area contributed by atoms with Crippen molar-refractivity contribution in [3.63, 3.8) is 0 Å². The van der Waals surface area contributed by atoms with Crippen LogP contribution in [-0.4, -0.2) is 29.6 Å². The third-order valence-electron chi connectivity index (χ3n) is 7.12. The van der Waals surface area contributed by atoms with Gasteiger partial charge in [0.1, 0.15) is 0 Å². The van der Waals surface area contributed by atoms with Crippen LogP contribution in [0.15, 0.2) is 36.7 Å². The van der Waals surface area contributed by atoms with Crippen LogP contribution in [0.5, 0.6) is 0 Å². The van der Waals surface area contributed by atoms with Gasteiger partial charge in [0.05, 0.1) is 0 Å². The molecule has 2 aromatic heterocycles. The Kier molecular flexibility index (Phi) is 3.82. The molecule has 2 aromatic rings. The molecular weight excluding hydrogens is 526 g/mol. The summed E-state index contributed by atoms with van der Waals surface area (Å²) in [5.74, 6) is 1.31. The van der Waals surface area contributed by atoms with Gasteiger partial charge in [-0.15, -0.1) is 0 Å². The van der Waals surface area contributed by atoms with Gasteiger partial charge < -0.3 is 0 Å². The number of rotatable bonds is 4. The second-order valence-corrected chi connectivity index (χ2v) is 12.5. The van der Waals surface area contributed by atoms with Crippen molar-refractivity contribution in [1.29, 1.82) is 0 Å². The fraction of sp³-hybridized carbons (Fsp3) is 0.400. The zero-order valence-electron chi connectivity index (χ0n) is 15.0. The molecule has 3 saturated carbocycles. The van der Waals surface area contributed by atoms with Crippen molar-refractivity contribution >= 4 is 46.7 Å². The molecule has 1 aliphatic heterocycles. The molecule has 6 rings (SSSR count). The molecule has 4 aliphatic rings. The Hall–Kier alpha value is -1.45. The molecule has 2 N–H and O–H groups in total. The standard InChI is InChI=1S/C20H16Cl2IN4O2/c21-10-3-1-5-24-14(10)26-17(28)19-8-9-7-12-20(13(9)19,16(19)23-12)18(29)27-15-11(22)4-2-6-25-15/h1-6,9,12-13,16H,7-8H2,(H,24,26,28)(H,25,27,29)/q-1/t9?,12-,13?,16+,19?,20?/m0/s1. The average Bonchev–Trinajstić information content (AvgIpc) is 2.95. The minimum absolute atomic E-state index is 0.00876. The summed E-state index contributed by atoms with van der Waals surface area (Å²) in [5, 5.41) is 6.76. The topological polar surface area (TPSA) is 84.0 Å². The van der Waals surface area contributed by atoms with Crippen LogP contribution in [0, 0.1) is 22.7 Å². The molecule has 0 bridgehead atoms. The SMILES string of the molecule is O=C(Nc1ncccc1Cl)C12CC3C[C@@H]4[I-][C@H]1C4(C(=O)Nc1ncccc1Cl)C32. The molecule has 29 heavy (non-hydrogen) atoms. The van der Waals surface area contributed by atoms with Gasteiger partial charge in [0, 0.05) is 0 Å². The van der Waals surface area contributed by atoms with Gasteiger partial charge >= 0.3 is 188 Å². The fourth-order valence-corrected chi connectivity index (χ4v) is 12.6. The number of alkyl halides is 2. The molecule has 150 valence electrons. The fourth-order valence-electron chi connectivity index (χ4n) is 6.14. The molecule has 2 amide bonds. The molecule has 0 radical (unpaired) electrons. The molecule has 1 saturated heterocycles. The van der Waals surface area contributed by atoms with Crippen LogP contribution in [0.4, 0.5) is 11.6 Å². The van der Waals surface area contributed by atoms with Crippen LogP contribution in [0.2, 0.25) is 10.0 Å². The summed E-state index contributed by atoms with van der Waals surface area (Å²) in [5.41, 5.74) is -0.848. The molecule has 4 fully saturated rings. The molecular formula is C20H16Cl2IN4O2-. The quantitative estimate of drug-likeness (QED) is 0.429. The first-order chi connectivity index (χ1) is 14.0. The van der Waals surface area contributed by atoms with Gasteiger partial charge in [0.15, 0.2) is 0 Å². The zero-order valence-corrected chi connectivity index (χ0v) is 18.7. The van der Waals surface area contributed by atoms with Crippen molar-refractivity contribution in [2.24, 2.45) is 22.7 Å². The van der Waals surface area contributed by atoms with Gasteiger partial charge in [-0.25, -0.2) is 0 Å². The number of carbonyl (C=O) groups excluding carboxylic acids is 2. The maximum atomic E-state index is 13.4. The van der Waals surface area contributed by atoms with E-state index in [1.807, 2.05) is 0 Å². The van der Waals surface area contributed by atoms with E-state index in [-0.39, 0.29) is 42.9 Å². The Labute approximate surface area is 187 Å². The summed E-state index contributed by atoms with van der Waals surface area (Å²) < 4.78 is 0.609. The van der Waals surface area contributed by atoms with Gasteiger partial charge in [-0.05, 0) is 0 Å². The van der Waals surface area contributed by atoms with Gasteiger partial charge in [-0.1, -0.05) is 0 Å². The molecule has 0 aromatic carbocycles. The Bertz CT molecular complexity index is 1080. The summed E-state index contributed by atoms with van der Waals surface area (Å²) in [4.78, 5) is 35.1. The van der Waals surface area contributed by atoms with Crippen LogP contribution >= 0.6 is 23.2 Å². The van der Waals surface area contributed by atoms with Crippen molar-refractivity contribution in [2.75, 3.05) is 10.6 Å². The molecule has 6 atom stereocenters. The number of nitrogens with zero attached hydrogens (tertiary/aromatic N) is 2. The molecule has 6 nitrogen and oxygen atoms in total. The summed E-state index contributed by atoms with van der Waals surface area (Å²) in [6.45, 7) is 0. The third-order valence-corrected chi connectivity index (χ3v) is 13.0. The first-order valence-corrected chi connectivity index (χ1v) is 12.7. The predicted octanol–water partition coefficient (Wildman–Crippen LogP) is 0.227. The Balaban J connectivity index is 1.28. The number of anilines is 2. The monoisotopic (exact) mass is 541 g/mol. The predicted molar refractivity (Wildman–Crippen MR) is 104 cm³/mol. The maximum absolute atomic E-state index is 13.4. The molecule has 3 aliphatic carbocycles. The summed E-state index contributed by atoms with van der Waals surface area (Å²) in [6, 6.07) is 6.89. The van der Waals surface area contributed by atoms with E-state index in [9.17, 15) is 9.59 Å². The van der Waals surface area contributed by atoms with E-state index < -0.39 is 10.8 Å². The van der Waals surface area contributed by atoms with Crippen molar-refractivity contribution in [3.8, 4) is 0 Å². The summed E-state index contributed by atoms with van der Waals surface area (Å²) in [6.07, 6.45) is 5.16. The Morgan fingerprint density at radius 2 is 1.66 bits per heavy atom. The second-order valence-electron chi connectivity index (χ2n) is 8.18. The van der Waals surface area contributed by atoms with E-state index in [0.29, 0.717) is 31.5 Å². The summed E-state index contributed by atoms with van der Waals surface area (Å²) >= 11 is 12.2. The van der Waals surface area contributed by atoms with Gasteiger partial charge in [-0.3, -0.25) is 0 Å². The van der Waals surface area contributed by atoms with Gasteiger partial charge in [-0.2, -0.15) is 0 Å². The number of hydrogen-bond acceptors (Lipinski definition) is 4. The normalized spacial score (nSPS) is 37.7. The number of halogens is 3. The van der Waals surface area contributed by atoms with E-state index >= 15 is 0 Å². The Morgan fingerprint density at radius 3 is 2.28 bits per heavy atom. The van der Waals surface area contributed by atoms with Crippen LogP contribution < -0.4 is 31.8 Å². The third kappa shape index (κ3) is 2.09. The second kappa shape index (κ2) is 6.04. The van der Waals surface area contributed by atoms with E-state index in [2.05, 4.69) is 20.6 Å². The van der Waals surface area contributed by atoms with E-state index in [4.69, 9.17) is 23.2 Å². The molecule has 0 spiro atoms. The molecule has 4 unspecified atom stereocenters. The van der Waals surface area contributed by atoms with Crippen LogP contribution in [0.1, 0.15) is 12.8 Å². The van der Waals surface area contributed by atoms with Crippen LogP contribution in [0.25, 0.3) is 0 Å². The van der Waals surface area contributed by atoms with E-state index in [0.717, 1.165) is 12.8 Å². The number of amides is 2. The van der Waals surface area contributed by atoms with Crippen LogP contribution in [0.3, 0.4) is 0 Å². The number of fused-ring (bicyclic) bond motifs is 1. The first-order valence-electron chi connectivity index (χ1n) is 9.45. The van der Waals surface area contributed by atoms with Crippen molar-refractivity contribution in [2.45, 2.75) is 20.7 Å². The zero-order chi connectivity index (χ0) is 20.0. The van der Waals surface area contributed by atoms with Crippen molar-refractivity contribution in [1.82, 2.24) is 9.97 Å². The number of aromatic nitrogens is 2. The van der Waals surface area contributed by atoms with Gasteiger partial charge in [0.25, 0.3) is 0 Å². The number of carbonyl (C=O) groups is 2. The number of pyridine rings is 2. The van der Waals surface area contributed by atoms with Crippen molar-refractivity contribution in [3.05, 3.63) is 46.7 Å². The van der Waals surface area contributed by atoms with E-state index in [1.54, 1.807) is 36.7 Å². The summed E-state index contributed by atoms with van der Waals surface area (Å²) in [7, 11) is 0.